The monoisotopic (exact) mass is 460 g/mol. The van der Waals surface area contributed by atoms with Crippen molar-refractivity contribution >= 4 is 23.2 Å². The van der Waals surface area contributed by atoms with Crippen LogP contribution in [0.5, 0.6) is 0 Å². The van der Waals surface area contributed by atoms with Crippen LogP contribution in [0.1, 0.15) is 57.7 Å². The Bertz CT molecular complexity index is 1210. The quantitative estimate of drug-likeness (QED) is 0.475. The molecule has 34 heavy (non-hydrogen) atoms. The van der Waals surface area contributed by atoms with Crippen LogP contribution >= 0.6 is 0 Å². The number of carbonyl (C=O) groups excluding carboxylic acids is 1. The third-order valence-electron chi connectivity index (χ3n) is 7.15. The molecular formula is C25H32N8O. The van der Waals surface area contributed by atoms with Gasteiger partial charge in [-0.1, -0.05) is 20.3 Å². The first kappa shape index (κ1) is 22.3. The number of allylic oxidation sites excluding steroid dienone is 1. The lowest BCUT2D eigenvalue weighted by atomic mass is 9.83. The number of likely N-dealkylation sites (tertiary alicyclic amines) is 1. The Kier molecular flexibility index (Phi) is 6.17. The number of nitrogens with zero attached hydrogens (tertiary/aromatic N) is 6. The number of rotatable bonds is 9. The van der Waals surface area contributed by atoms with Crippen molar-refractivity contribution in [2.75, 3.05) is 13.1 Å². The van der Waals surface area contributed by atoms with E-state index in [9.17, 15) is 4.79 Å². The second-order valence-electron chi connectivity index (χ2n) is 9.29. The van der Waals surface area contributed by atoms with Gasteiger partial charge >= 0.3 is 0 Å². The third-order valence-corrected chi connectivity index (χ3v) is 7.15. The summed E-state index contributed by atoms with van der Waals surface area (Å²) in [5.74, 6) is 0.538. The first-order valence-corrected chi connectivity index (χ1v) is 12.3. The fraction of sp³-hybridized carbons (Fsp3) is 0.480. The van der Waals surface area contributed by atoms with E-state index in [1.54, 1.807) is 10.7 Å². The first-order valence-electron chi connectivity index (χ1n) is 12.3. The Morgan fingerprint density at radius 2 is 2.03 bits per heavy atom. The van der Waals surface area contributed by atoms with Gasteiger partial charge in [-0.05, 0) is 31.7 Å². The van der Waals surface area contributed by atoms with Crippen molar-refractivity contribution in [3.63, 3.8) is 0 Å². The van der Waals surface area contributed by atoms with Gasteiger partial charge in [-0.15, -0.1) is 0 Å². The highest BCUT2D eigenvalue weighted by Crippen LogP contribution is 2.30. The van der Waals surface area contributed by atoms with Crippen molar-refractivity contribution in [2.24, 2.45) is 5.92 Å². The van der Waals surface area contributed by atoms with Gasteiger partial charge in [-0.25, -0.2) is 9.50 Å². The summed E-state index contributed by atoms with van der Waals surface area (Å²) in [6, 6.07) is 2.50. The summed E-state index contributed by atoms with van der Waals surface area (Å²) in [7, 11) is 0. The third kappa shape index (κ3) is 4.10. The van der Waals surface area contributed by atoms with Crippen LogP contribution in [0, 0.1) is 11.3 Å². The Labute approximate surface area is 199 Å². The fourth-order valence-electron chi connectivity index (χ4n) is 4.68. The predicted molar refractivity (Wildman–Crippen MR) is 131 cm³/mol. The van der Waals surface area contributed by atoms with Gasteiger partial charge in [0, 0.05) is 48.8 Å². The first-order chi connectivity index (χ1) is 16.6. The summed E-state index contributed by atoms with van der Waals surface area (Å²) in [4.78, 5) is 19.2. The molecule has 3 aromatic heterocycles. The van der Waals surface area contributed by atoms with Crippen molar-refractivity contribution < 1.29 is 4.79 Å². The molecule has 0 aromatic carbocycles. The van der Waals surface area contributed by atoms with E-state index in [1.807, 2.05) is 40.4 Å². The molecule has 9 heteroatoms. The summed E-state index contributed by atoms with van der Waals surface area (Å²) >= 11 is 0. The highest BCUT2D eigenvalue weighted by Gasteiger charge is 2.36. The summed E-state index contributed by atoms with van der Waals surface area (Å²) in [6.45, 7) is 5.76. The molecule has 2 fully saturated rings. The van der Waals surface area contributed by atoms with Gasteiger partial charge in [-0.2, -0.15) is 10.2 Å². The topological polar surface area (TPSA) is 104 Å². The van der Waals surface area contributed by atoms with E-state index in [0.717, 1.165) is 42.5 Å². The van der Waals surface area contributed by atoms with Crippen LogP contribution in [0.15, 0.2) is 37.1 Å². The number of aromatic nitrogens is 5. The van der Waals surface area contributed by atoms with Crippen molar-refractivity contribution in [3.8, 4) is 11.3 Å². The molecule has 9 nitrogen and oxygen atoms in total. The number of nitrogens with one attached hydrogen (secondary N) is 2. The van der Waals surface area contributed by atoms with Crippen molar-refractivity contribution in [1.82, 2.24) is 34.6 Å². The van der Waals surface area contributed by atoms with Crippen LogP contribution < -0.4 is 5.32 Å². The molecule has 2 N–H and O–H groups in total. The zero-order valence-corrected chi connectivity index (χ0v) is 19.8. The smallest absolute Gasteiger partial charge is 0.225 e. The molecule has 0 bridgehead atoms. The lowest BCUT2D eigenvalue weighted by Gasteiger charge is -2.42. The molecular weight excluding hydrogens is 428 g/mol. The standard InChI is InChI=1S/C25H32N8O/c1-3-21(4-2)32-13-19(12-29-32)24-23-8-9-28-33(23)16-22(30-24)18(10-26)11-27-20-14-31(15-20)25(34)17-6-5-7-17/h8-13,16-17,20-21,26-27H,3-7,14-15H2,1-2H3/b18-11+,26-10?. The number of hydrogen-bond donors (Lipinski definition) is 2. The average molecular weight is 461 g/mol. The molecule has 0 spiro atoms. The number of fused-ring (bicyclic) bond motifs is 1. The van der Waals surface area contributed by atoms with E-state index in [-0.39, 0.29) is 12.0 Å². The molecule has 4 heterocycles. The van der Waals surface area contributed by atoms with Gasteiger partial charge in [0.1, 0.15) is 0 Å². The number of carbonyl (C=O) groups is 1. The number of hydrogen-bond acceptors (Lipinski definition) is 6. The van der Waals surface area contributed by atoms with Gasteiger partial charge in [0.2, 0.25) is 5.91 Å². The number of amides is 1. The van der Waals surface area contributed by atoms with Crippen LogP contribution in [0.3, 0.4) is 0 Å². The van der Waals surface area contributed by atoms with E-state index in [4.69, 9.17) is 10.4 Å². The molecule has 5 rings (SSSR count). The Morgan fingerprint density at radius 3 is 2.71 bits per heavy atom. The minimum absolute atomic E-state index is 0.199. The lowest BCUT2D eigenvalue weighted by molar-refractivity contribution is -0.143. The fourth-order valence-corrected chi connectivity index (χ4v) is 4.68. The molecule has 0 unspecified atom stereocenters. The molecule has 1 saturated heterocycles. The minimum Gasteiger partial charge on any atom is -0.384 e. The molecule has 1 amide bonds. The maximum absolute atomic E-state index is 12.3. The minimum atomic E-state index is 0.199. The van der Waals surface area contributed by atoms with Crippen molar-refractivity contribution in [2.45, 2.75) is 58.0 Å². The predicted octanol–water partition coefficient (Wildman–Crippen LogP) is 3.54. The van der Waals surface area contributed by atoms with E-state index >= 15 is 0 Å². The highest BCUT2D eigenvalue weighted by molar-refractivity contribution is 6.07. The lowest BCUT2D eigenvalue weighted by Crippen LogP contribution is -2.60. The second kappa shape index (κ2) is 9.40. The van der Waals surface area contributed by atoms with Gasteiger partial charge in [0.15, 0.2) is 0 Å². The SMILES string of the molecule is CCC(CC)n1cc(-c2nc(/C(C=N)=C/NC3CN(C(=O)C4CCC4)C3)cn3nccc23)cn1. The van der Waals surface area contributed by atoms with Gasteiger partial charge in [-0.3, -0.25) is 9.48 Å². The van der Waals surface area contributed by atoms with E-state index in [1.165, 1.54) is 12.6 Å². The van der Waals surface area contributed by atoms with Crippen LogP contribution in [0.25, 0.3) is 22.3 Å². The molecule has 0 radical (unpaired) electrons. The maximum atomic E-state index is 12.3. The second-order valence-corrected chi connectivity index (χ2v) is 9.29. The Hall–Kier alpha value is -3.49. The average Bonchev–Trinajstić information content (AvgIpc) is 3.44. The van der Waals surface area contributed by atoms with Crippen LogP contribution in [0.2, 0.25) is 0 Å². The normalized spacial score (nSPS) is 17.1. The molecule has 0 atom stereocenters. The van der Waals surface area contributed by atoms with Gasteiger partial charge < -0.3 is 15.6 Å². The Morgan fingerprint density at radius 1 is 1.24 bits per heavy atom. The molecule has 178 valence electrons. The van der Waals surface area contributed by atoms with E-state index in [0.29, 0.717) is 36.3 Å². The van der Waals surface area contributed by atoms with Gasteiger partial charge in [0.05, 0.1) is 47.6 Å². The molecule has 1 aliphatic heterocycles. The summed E-state index contributed by atoms with van der Waals surface area (Å²) < 4.78 is 3.81. The molecule has 1 aliphatic carbocycles. The van der Waals surface area contributed by atoms with E-state index in [2.05, 4.69) is 29.4 Å². The summed E-state index contributed by atoms with van der Waals surface area (Å²) in [5, 5.41) is 20.4. The van der Waals surface area contributed by atoms with Crippen molar-refractivity contribution in [1.29, 1.82) is 5.41 Å². The summed E-state index contributed by atoms with van der Waals surface area (Å²) in [5.41, 5.74) is 3.94. The largest absolute Gasteiger partial charge is 0.384 e. The summed E-state index contributed by atoms with van der Waals surface area (Å²) in [6.07, 6.45) is 15.9. The zero-order valence-electron chi connectivity index (χ0n) is 19.8. The molecule has 2 aliphatic rings. The van der Waals surface area contributed by atoms with E-state index < -0.39 is 0 Å². The molecule has 3 aromatic rings. The Balaban J connectivity index is 1.35. The van der Waals surface area contributed by atoms with Crippen LogP contribution in [-0.4, -0.2) is 60.5 Å². The van der Waals surface area contributed by atoms with Crippen LogP contribution in [0.4, 0.5) is 0 Å². The van der Waals surface area contributed by atoms with Gasteiger partial charge in [0.25, 0.3) is 0 Å². The molecule has 1 saturated carbocycles. The van der Waals surface area contributed by atoms with Crippen LogP contribution in [-0.2, 0) is 4.79 Å². The highest BCUT2D eigenvalue weighted by atomic mass is 16.2. The van der Waals surface area contributed by atoms with Crippen molar-refractivity contribution in [3.05, 3.63) is 42.7 Å². The maximum Gasteiger partial charge on any atom is 0.225 e. The zero-order chi connectivity index (χ0) is 23.7.